The van der Waals surface area contributed by atoms with Crippen LogP contribution in [0.3, 0.4) is 0 Å². The summed E-state index contributed by atoms with van der Waals surface area (Å²) in [6.45, 7) is 8.00. The van der Waals surface area contributed by atoms with Crippen LogP contribution in [0.2, 0.25) is 0 Å². The second kappa shape index (κ2) is 8.54. The number of benzene rings is 1. The van der Waals surface area contributed by atoms with E-state index in [0.717, 1.165) is 41.9 Å². The molecule has 1 aromatic heterocycles. The molecule has 0 aliphatic heterocycles. The molecule has 2 aromatic rings. The van der Waals surface area contributed by atoms with Gasteiger partial charge in [-0.1, -0.05) is 19.1 Å². The Morgan fingerprint density at radius 2 is 1.92 bits per heavy atom. The molecule has 1 heterocycles. The smallest absolute Gasteiger partial charge is 0.213 e. The molecule has 0 amide bonds. The van der Waals surface area contributed by atoms with Gasteiger partial charge < -0.3 is 14.8 Å². The topological polar surface area (TPSA) is 84.9 Å². The van der Waals surface area contributed by atoms with Gasteiger partial charge >= 0.3 is 0 Å². The van der Waals surface area contributed by atoms with Crippen molar-refractivity contribution in [2.75, 3.05) is 18.0 Å². The standard InChI is InChI=1S/C17H22N4O2S/c1-4-15-18-17(20-19-15)24-14(16(22)23)11-12-7-9-13(10-8-12)21(5-2)6-3/h7-11H,4-6H2,1-3H3,(H,22,23)(H,18,19,20)/p-1/b14-11+. The van der Waals surface area contributed by atoms with Crippen molar-refractivity contribution in [2.24, 2.45) is 0 Å². The Morgan fingerprint density at radius 3 is 2.42 bits per heavy atom. The molecule has 24 heavy (non-hydrogen) atoms. The molecule has 0 spiro atoms. The molecule has 0 radical (unpaired) electrons. The number of carboxylic acids is 1. The summed E-state index contributed by atoms with van der Waals surface area (Å²) >= 11 is 0.983. The van der Waals surface area contributed by atoms with Crippen LogP contribution in [0.4, 0.5) is 5.69 Å². The van der Waals surface area contributed by atoms with Crippen molar-refractivity contribution in [1.82, 2.24) is 15.2 Å². The lowest BCUT2D eigenvalue weighted by Crippen LogP contribution is -2.23. The maximum Gasteiger partial charge on any atom is 0.213 e. The van der Waals surface area contributed by atoms with Gasteiger partial charge in [-0.25, -0.2) is 4.98 Å². The number of nitrogens with one attached hydrogen (secondary N) is 1. The Balaban J connectivity index is 2.19. The third-order valence-electron chi connectivity index (χ3n) is 3.57. The van der Waals surface area contributed by atoms with Gasteiger partial charge in [0.1, 0.15) is 5.82 Å². The third kappa shape index (κ3) is 4.61. The number of aromatic nitrogens is 3. The van der Waals surface area contributed by atoms with Gasteiger partial charge in [0.2, 0.25) is 5.16 Å². The molecule has 0 aliphatic rings. The van der Waals surface area contributed by atoms with Crippen LogP contribution in [0.1, 0.15) is 32.2 Å². The lowest BCUT2D eigenvalue weighted by Gasteiger charge is -2.20. The van der Waals surface area contributed by atoms with Crippen LogP contribution in [-0.2, 0) is 11.2 Å². The van der Waals surface area contributed by atoms with E-state index >= 15 is 0 Å². The Bertz CT molecular complexity index is 706. The fraction of sp³-hybridized carbons (Fsp3) is 0.353. The Kier molecular flexibility index (Phi) is 6.43. The van der Waals surface area contributed by atoms with Gasteiger partial charge in [0.25, 0.3) is 0 Å². The van der Waals surface area contributed by atoms with E-state index in [1.54, 1.807) is 6.08 Å². The first-order valence-electron chi connectivity index (χ1n) is 7.94. The van der Waals surface area contributed by atoms with Gasteiger partial charge in [-0.15, -0.1) is 5.10 Å². The number of carboxylic acid groups (broad SMARTS) is 1. The molecule has 0 saturated heterocycles. The largest absolute Gasteiger partial charge is 0.544 e. The first-order valence-corrected chi connectivity index (χ1v) is 8.76. The van der Waals surface area contributed by atoms with Crippen molar-refractivity contribution < 1.29 is 9.90 Å². The molecule has 128 valence electrons. The second-order valence-electron chi connectivity index (χ2n) is 5.08. The highest BCUT2D eigenvalue weighted by Gasteiger charge is 2.08. The van der Waals surface area contributed by atoms with E-state index in [-0.39, 0.29) is 4.91 Å². The Morgan fingerprint density at radius 1 is 1.25 bits per heavy atom. The fourth-order valence-electron chi connectivity index (χ4n) is 2.23. The molecule has 6 nitrogen and oxygen atoms in total. The van der Waals surface area contributed by atoms with Crippen molar-refractivity contribution in [2.45, 2.75) is 32.3 Å². The molecule has 0 atom stereocenters. The first kappa shape index (κ1) is 18.1. The van der Waals surface area contributed by atoms with Crippen LogP contribution in [0.5, 0.6) is 0 Å². The molecule has 0 fully saturated rings. The van der Waals surface area contributed by atoms with Crippen LogP contribution in [-0.4, -0.2) is 34.2 Å². The molecular formula is C17H21N4O2S-. The molecule has 2 rings (SSSR count). The van der Waals surface area contributed by atoms with Crippen molar-refractivity contribution >= 4 is 29.5 Å². The third-order valence-corrected chi connectivity index (χ3v) is 4.44. The average Bonchev–Trinajstić information content (AvgIpc) is 3.04. The van der Waals surface area contributed by atoms with E-state index in [4.69, 9.17) is 0 Å². The van der Waals surface area contributed by atoms with Gasteiger partial charge in [0.15, 0.2) is 0 Å². The number of thioether (sulfide) groups is 1. The minimum Gasteiger partial charge on any atom is -0.544 e. The zero-order valence-electron chi connectivity index (χ0n) is 14.1. The SMILES string of the molecule is CCc1nc(S/C(=C/c2ccc(N(CC)CC)cc2)C(=O)[O-])n[nH]1. The van der Waals surface area contributed by atoms with Crippen LogP contribution < -0.4 is 10.0 Å². The summed E-state index contributed by atoms with van der Waals surface area (Å²) < 4.78 is 0. The predicted molar refractivity (Wildman–Crippen MR) is 94.6 cm³/mol. The van der Waals surface area contributed by atoms with E-state index in [9.17, 15) is 9.90 Å². The normalized spacial score (nSPS) is 11.5. The minimum atomic E-state index is -1.24. The number of aromatic amines is 1. The number of hydrogen-bond donors (Lipinski definition) is 1. The second-order valence-corrected chi connectivity index (χ2v) is 6.09. The number of nitrogens with zero attached hydrogens (tertiary/aromatic N) is 3. The predicted octanol–water partition coefficient (Wildman–Crippen LogP) is 2.10. The van der Waals surface area contributed by atoms with E-state index in [2.05, 4.69) is 33.9 Å². The number of anilines is 1. The maximum absolute atomic E-state index is 11.4. The maximum atomic E-state index is 11.4. The lowest BCUT2D eigenvalue weighted by atomic mass is 10.2. The summed E-state index contributed by atoms with van der Waals surface area (Å²) in [4.78, 5) is 17.9. The van der Waals surface area contributed by atoms with Crippen LogP contribution in [0.25, 0.3) is 6.08 Å². The molecule has 1 aromatic carbocycles. The molecule has 1 N–H and O–H groups in total. The monoisotopic (exact) mass is 345 g/mol. The summed E-state index contributed by atoms with van der Waals surface area (Å²) in [6, 6.07) is 7.76. The first-order chi connectivity index (χ1) is 11.6. The number of aliphatic carboxylic acids is 1. The number of hydrogen-bond acceptors (Lipinski definition) is 6. The van der Waals surface area contributed by atoms with Crippen LogP contribution in [0, 0.1) is 0 Å². The molecule has 0 bridgehead atoms. The fourth-order valence-corrected chi connectivity index (χ4v) is 2.95. The lowest BCUT2D eigenvalue weighted by molar-refractivity contribution is -0.297. The molecule has 7 heteroatoms. The minimum absolute atomic E-state index is 0.0762. The number of carbonyl (C=O) groups excluding carboxylic acids is 1. The van der Waals surface area contributed by atoms with Gasteiger partial charge in [0.05, 0.1) is 5.97 Å². The number of carbonyl (C=O) groups is 1. The van der Waals surface area contributed by atoms with Crippen molar-refractivity contribution in [1.29, 1.82) is 0 Å². The molecule has 0 aliphatic carbocycles. The summed E-state index contributed by atoms with van der Waals surface area (Å²) in [6.07, 6.45) is 2.29. The van der Waals surface area contributed by atoms with Crippen molar-refractivity contribution in [3.05, 3.63) is 40.6 Å². The van der Waals surface area contributed by atoms with E-state index in [0.29, 0.717) is 11.6 Å². The summed E-state index contributed by atoms with van der Waals surface area (Å²) in [5.41, 5.74) is 1.91. The van der Waals surface area contributed by atoms with Gasteiger partial charge in [0, 0.05) is 30.1 Å². The van der Waals surface area contributed by atoms with Crippen LogP contribution in [0.15, 0.2) is 34.3 Å². The average molecular weight is 345 g/mol. The quantitative estimate of drug-likeness (QED) is 0.582. The van der Waals surface area contributed by atoms with Crippen LogP contribution >= 0.6 is 11.8 Å². The highest BCUT2D eigenvalue weighted by Crippen LogP contribution is 2.26. The molecular weight excluding hydrogens is 324 g/mol. The number of H-pyrrole nitrogens is 1. The zero-order chi connectivity index (χ0) is 17.5. The number of rotatable bonds is 8. The molecule has 0 saturated carbocycles. The van der Waals surface area contributed by atoms with E-state index < -0.39 is 5.97 Å². The highest BCUT2D eigenvalue weighted by molar-refractivity contribution is 8.04. The van der Waals surface area contributed by atoms with Gasteiger partial charge in [-0.05, 0) is 49.4 Å². The summed E-state index contributed by atoms with van der Waals surface area (Å²) in [5, 5.41) is 18.5. The summed E-state index contributed by atoms with van der Waals surface area (Å²) in [7, 11) is 0. The molecule has 0 unspecified atom stereocenters. The van der Waals surface area contributed by atoms with Crippen molar-refractivity contribution in [3.8, 4) is 0 Å². The summed E-state index contributed by atoms with van der Waals surface area (Å²) in [5.74, 6) is -0.519. The van der Waals surface area contributed by atoms with Gasteiger partial charge in [-0.2, -0.15) is 0 Å². The highest BCUT2D eigenvalue weighted by atomic mass is 32.2. The van der Waals surface area contributed by atoms with E-state index in [1.165, 1.54) is 0 Å². The number of aryl methyl sites for hydroxylation is 1. The Labute approximate surface area is 146 Å². The van der Waals surface area contributed by atoms with Crippen molar-refractivity contribution in [3.63, 3.8) is 0 Å². The van der Waals surface area contributed by atoms with E-state index in [1.807, 2.05) is 31.2 Å². The van der Waals surface area contributed by atoms with Gasteiger partial charge in [-0.3, -0.25) is 5.10 Å². The zero-order valence-corrected chi connectivity index (χ0v) is 14.9. The Hall–Kier alpha value is -2.28.